The van der Waals surface area contributed by atoms with E-state index in [1.807, 2.05) is 4.90 Å². The van der Waals surface area contributed by atoms with Crippen LogP contribution in [0.25, 0.3) is 0 Å². The Balaban J connectivity index is 0.00000342. The molecule has 0 radical (unpaired) electrons. The number of carbonyl (C=O) groups is 2. The van der Waals surface area contributed by atoms with E-state index in [1.54, 1.807) is 26.0 Å². The molecule has 2 aromatic carbocycles. The minimum Gasteiger partial charge on any atom is -0.374 e. The van der Waals surface area contributed by atoms with E-state index in [0.717, 1.165) is 31.2 Å². The predicted molar refractivity (Wildman–Crippen MR) is 136 cm³/mol. The fourth-order valence-electron chi connectivity index (χ4n) is 5.05. The molecule has 2 aliphatic rings. The van der Waals surface area contributed by atoms with Crippen molar-refractivity contribution in [2.75, 3.05) is 19.7 Å². The lowest BCUT2D eigenvalue weighted by atomic mass is 9.74. The molecule has 35 heavy (non-hydrogen) atoms. The van der Waals surface area contributed by atoms with E-state index >= 15 is 0 Å². The second-order valence-corrected chi connectivity index (χ2v) is 10.2. The second kappa shape index (κ2) is 11.1. The van der Waals surface area contributed by atoms with Gasteiger partial charge >= 0.3 is 0 Å². The number of carbonyl (C=O) groups excluding carboxylic acids is 2. The highest BCUT2D eigenvalue weighted by Gasteiger charge is 2.42. The van der Waals surface area contributed by atoms with Crippen molar-refractivity contribution in [3.8, 4) is 0 Å². The van der Waals surface area contributed by atoms with Gasteiger partial charge in [0.15, 0.2) is 0 Å². The summed E-state index contributed by atoms with van der Waals surface area (Å²) in [5.41, 5.74) is 8.62. The highest BCUT2D eigenvalue weighted by molar-refractivity contribution is 5.91. The molecule has 0 bridgehead atoms. The van der Waals surface area contributed by atoms with Crippen molar-refractivity contribution in [3.05, 3.63) is 71.0 Å². The molecule has 2 aromatic rings. The van der Waals surface area contributed by atoms with Crippen LogP contribution in [-0.2, 0) is 32.8 Å². The summed E-state index contributed by atoms with van der Waals surface area (Å²) in [5.74, 6) is -0.880. The molecule has 4 rings (SSSR count). The van der Waals surface area contributed by atoms with Gasteiger partial charge in [-0.15, -0.1) is 12.4 Å². The number of nitrogens with zero attached hydrogens (tertiary/aromatic N) is 1. The molecule has 1 fully saturated rings. The van der Waals surface area contributed by atoms with Crippen molar-refractivity contribution in [1.29, 1.82) is 0 Å². The summed E-state index contributed by atoms with van der Waals surface area (Å²) >= 11 is 0. The predicted octanol–water partition coefficient (Wildman–Crippen LogP) is 3.49. The van der Waals surface area contributed by atoms with Crippen molar-refractivity contribution in [3.63, 3.8) is 0 Å². The lowest BCUT2D eigenvalue weighted by molar-refractivity contribution is -0.140. The molecule has 0 aromatic heterocycles. The highest BCUT2D eigenvalue weighted by Crippen LogP contribution is 2.46. The topological polar surface area (TPSA) is 84.7 Å². The highest BCUT2D eigenvalue weighted by atomic mass is 35.5. The number of nitrogens with one attached hydrogen (secondary N) is 1. The molecule has 2 amide bonds. The number of rotatable bonds is 7. The number of nitrogens with two attached hydrogens (primary N) is 1. The fourth-order valence-corrected chi connectivity index (χ4v) is 5.05. The van der Waals surface area contributed by atoms with Crippen molar-refractivity contribution in [1.82, 2.24) is 10.2 Å². The van der Waals surface area contributed by atoms with Gasteiger partial charge in [-0.25, -0.2) is 4.39 Å². The van der Waals surface area contributed by atoms with Crippen LogP contribution < -0.4 is 11.1 Å². The molecule has 1 aliphatic heterocycles. The third-order valence-electron chi connectivity index (χ3n) is 7.15. The molecule has 1 aliphatic carbocycles. The lowest BCUT2D eigenvalue weighted by Crippen LogP contribution is -2.59. The van der Waals surface area contributed by atoms with E-state index < -0.39 is 17.5 Å². The van der Waals surface area contributed by atoms with Crippen molar-refractivity contribution in [2.45, 2.75) is 63.1 Å². The molecule has 6 nitrogen and oxygen atoms in total. The molecular formula is C27H35ClFN3O3. The van der Waals surface area contributed by atoms with E-state index in [9.17, 15) is 14.0 Å². The molecule has 1 heterocycles. The van der Waals surface area contributed by atoms with Crippen molar-refractivity contribution >= 4 is 24.2 Å². The van der Waals surface area contributed by atoms with Gasteiger partial charge in [0, 0.05) is 13.1 Å². The maximum absolute atomic E-state index is 13.4. The first kappa shape index (κ1) is 27.1. The Hall–Kier alpha value is -2.48. The average molecular weight is 504 g/mol. The fraction of sp³-hybridized carbons (Fsp3) is 0.481. The van der Waals surface area contributed by atoms with Gasteiger partial charge in [-0.2, -0.15) is 0 Å². The molecule has 0 saturated carbocycles. The number of ether oxygens (including phenoxy) is 1. The zero-order valence-electron chi connectivity index (χ0n) is 20.4. The molecule has 1 saturated heterocycles. The standard InChI is InChI=1S/C27H34FN3O3.ClH/c1-26(2,29)25(33)30-23(18-34-17-19-7-9-21(28)10-8-19)24(32)31-15-13-27(14-16-31)12-11-20-5-3-4-6-22(20)27;/h3-10,23H,11-18,29H2,1-2H3,(H,30,33);1H/t23-;/m1./s1. The Bertz CT molecular complexity index is 1030. The third kappa shape index (κ3) is 6.21. The second-order valence-electron chi connectivity index (χ2n) is 10.2. The zero-order valence-corrected chi connectivity index (χ0v) is 21.2. The largest absolute Gasteiger partial charge is 0.374 e. The summed E-state index contributed by atoms with van der Waals surface area (Å²) < 4.78 is 18.9. The van der Waals surface area contributed by atoms with Crippen LogP contribution in [-0.4, -0.2) is 48.0 Å². The SMILES string of the molecule is CC(C)(N)C(=O)N[C@H](COCc1ccc(F)cc1)C(=O)N1CCC2(CCc3ccccc32)CC1.Cl. The van der Waals surface area contributed by atoms with Gasteiger partial charge in [0.25, 0.3) is 0 Å². The molecule has 1 atom stereocenters. The molecule has 190 valence electrons. The molecule has 8 heteroatoms. The number of amides is 2. The number of halogens is 2. The average Bonchev–Trinajstić information content (AvgIpc) is 3.17. The van der Waals surface area contributed by atoms with Gasteiger partial charge in [0.1, 0.15) is 11.9 Å². The van der Waals surface area contributed by atoms with Crippen LogP contribution in [0.5, 0.6) is 0 Å². The Morgan fingerprint density at radius 3 is 2.43 bits per heavy atom. The summed E-state index contributed by atoms with van der Waals surface area (Å²) in [4.78, 5) is 27.8. The normalized spacial score (nSPS) is 17.4. The van der Waals surface area contributed by atoms with Gasteiger partial charge in [0.2, 0.25) is 11.8 Å². The summed E-state index contributed by atoms with van der Waals surface area (Å²) in [6.45, 7) is 4.72. The number of aryl methyl sites for hydroxylation is 1. The Morgan fingerprint density at radius 1 is 1.11 bits per heavy atom. The number of hydrogen-bond donors (Lipinski definition) is 2. The van der Waals surface area contributed by atoms with Crippen molar-refractivity contribution < 1.29 is 18.7 Å². The quantitative estimate of drug-likeness (QED) is 0.605. The van der Waals surface area contributed by atoms with E-state index in [1.165, 1.54) is 23.3 Å². The Labute approximate surface area is 212 Å². The number of likely N-dealkylation sites (tertiary alicyclic amines) is 1. The molecule has 1 spiro atoms. The third-order valence-corrected chi connectivity index (χ3v) is 7.15. The van der Waals surface area contributed by atoms with Gasteiger partial charge < -0.3 is 20.7 Å². The van der Waals surface area contributed by atoms with Crippen LogP contribution in [0.2, 0.25) is 0 Å². The van der Waals surface area contributed by atoms with E-state index in [4.69, 9.17) is 10.5 Å². The van der Waals surface area contributed by atoms with Gasteiger partial charge in [-0.1, -0.05) is 36.4 Å². The first-order valence-electron chi connectivity index (χ1n) is 12.0. The van der Waals surface area contributed by atoms with Crippen molar-refractivity contribution in [2.24, 2.45) is 5.73 Å². The minimum absolute atomic E-state index is 0. The van der Waals surface area contributed by atoms with Gasteiger partial charge in [-0.3, -0.25) is 9.59 Å². The van der Waals surface area contributed by atoms with Crippen LogP contribution in [0.4, 0.5) is 4.39 Å². The monoisotopic (exact) mass is 503 g/mol. The summed E-state index contributed by atoms with van der Waals surface area (Å²) in [5, 5.41) is 2.79. The summed E-state index contributed by atoms with van der Waals surface area (Å²) in [7, 11) is 0. The number of fused-ring (bicyclic) bond motifs is 2. The maximum Gasteiger partial charge on any atom is 0.247 e. The van der Waals surface area contributed by atoms with Crippen LogP contribution in [0.15, 0.2) is 48.5 Å². The Morgan fingerprint density at radius 2 is 1.77 bits per heavy atom. The van der Waals surface area contributed by atoms with E-state index in [-0.39, 0.29) is 42.8 Å². The number of piperidine rings is 1. The molecule has 0 unspecified atom stereocenters. The maximum atomic E-state index is 13.4. The zero-order chi connectivity index (χ0) is 24.3. The summed E-state index contributed by atoms with van der Waals surface area (Å²) in [6.07, 6.45) is 4.03. The molecule has 3 N–H and O–H groups in total. The van der Waals surface area contributed by atoms with E-state index in [2.05, 4.69) is 29.6 Å². The van der Waals surface area contributed by atoms with Gasteiger partial charge in [-0.05, 0) is 73.8 Å². The van der Waals surface area contributed by atoms with Crippen LogP contribution in [0, 0.1) is 5.82 Å². The summed E-state index contributed by atoms with van der Waals surface area (Å²) in [6, 6.07) is 13.8. The smallest absolute Gasteiger partial charge is 0.247 e. The van der Waals surface area contributed by atoms with Gasteiger partial charge in [0.05, 0.1) is 18.8 Å². The number of benzene rings is 2. The minimum atomic E-state index is -1.12. The van der Waals surface area contributed by atoms with Crippen LogP contribution >= 0.6 is 12.4 Å². The first-order valence-corrected chi connectivity index (χ1v) is 12.0. The van der Waals surface area contributed by atoms with E-state index in [0.29, 0.717) is 13.1 Å². The van der Waals surface area contributed by atoms with Crippen LogP contribution in [0.3, 0.4) is 0 Å². The number of hydrogen-bond acceptors (Lipinski definition) is 4. The molecular weight excluding hydrogens is 469 g/mol. The van der Waals surface area contributed by atoms with Crippen LogP contribution in [0.1, 0.15) is 49.8 Å². The lowest BCUT2D eigenvalue weighted by Gasteiger charge is -2.41. The first-order chi connectivity index (χ1) is 16.2. The Kier molecular flexibility index (Phi) is 8.57.